The van der Waals surface area contributed by atoms with Crippen molar-refractivity contribution in [2.24, 2.45) is 5.10 Å². The van der Waals surface area contributed by atoms with E-state index in [1.54, 1.807) is 31.4 Å². The van der Waals surface area contributed by atoms with Crippen molar-refractivity contribution in [1.29, 1.82) is 0 Å². The second kappa shape index (κ2) is 9.72. The molecule has 2 rings (SSSR count). The number of aromatic hydroxyl groups is 1. The first-order valence-electron chi connectivity index (χ1n) is 6.98. The minimum atomic E-state index is -0.433. The van der Waals surface area contributed by atoms with E-state index >= 15 is 0 Å². The van der Waals surface area contributed by atoms with Crippen LogP contribution in [0.2, 0.25) is 0 Å². The SMILES string of the molecule is COc1ccc(OCC(=O)NN=Cc2c(Br)cc(Br)c(O)c2Br)c(Br)c1. The minimum absolute atomic E-state index is 0.0358. The van der Waals surface area contributed by atoms with Crippen LogP contribution >= 0.6 is 63.7 Å². The standard InChI is InChI=1S/C16H12Br4N2O4/c1-25-8-2-3-13(11(18)4-8)26-7-14(23)22-21-6-9-10(17)5-12(19)16(24)15(9)20/h2-6,24H,7H2,1H3,(H,22,23). The Labute approximate surface area is 183 Å². The number of rotatable bonds is 6. The van der Waals surface area contributed by atoms with Gasteiger partial charge in [0.15, 0.2) is 6.61 Å². The monoisotopic (exact) mass is 612 g/mol. The molecule has 0 spiro atoms. The van der Waals surface area contributed by atoms with Crippen molar-refractivity contribution in [3.8, 4) is 17.2 Å². The van der Waals surface area contributed by atoms with Gasteiger partial charge in [-0.25, -0.2) is 5.43 Å². The van der Waals surface area contributed by atoms with Gasteiger partial charge in [0.25, 0.3) is 5.91 Å². The van der Waals surface area contributed by atoms with Crippen LogP contribution in [-0.2, 0) is 4.79 Å². The molecule has 138 valence electrons. The summed E-state index contributed by atoms with van der Waals surface area (Å²) in [7, 11) is 1.57. The smallest absolute Gasteiger partial charge is 0.277 e. The van der Waals surface area contributed by atoms with Gasteiger partial charge in [-0.2, -0.15) is 5.10 Å². The number of benzene rings is 2. The zero-order valence-electron chi connectivity index (χ0n) is 13.2. The van der Waals surface area contributed by atoms with Crippen LogP contribution in [0.1, 0.15) is 5.56 Å². The fourth-order valence-electron chi connectivity index (χ4n) is 1.78. The summed E-state index contributed by atoms with van der Waals surface area (Å²) in [5, 5.41) is 13.8. The van der Waals surface area contributed by atoms with E-state index in [0.717, 1.165) is 0 Å². The second-order valence-corrected chi connectivity index (χ2v) is 8.15. The number of halogens is 4. The number of phenols is 1. The highest BCUT2D eigenvalue weighted by molar-refractivity contribution is 9.11. The largest absolute Gasteiger partial charge is 0.506 e. The molecular weight excluding hydrogens is 604 g/mol. The molecule has 2 N–H and O–H groups in total. The molecule has 0 atom stereocenters. The first kappa shape index (κ1) is 21.2. The molecule has 10 heteroatoms. The molecule has 0 aromatic heterocycles. The zero-order chi connectivity index (χ0) is 19.3. The Morgan fingerprint density at radius 1 is 1.19 bits per heavy atom. The van der Waals surface area contributed by atoms with E-state index in [2.05, 4.69) is 74.2 Å². The number of amides is 1. The normalized spacial score (nSPS) is 10.8. The van der Waals surface area contributed by atoms with E-state index < -0.39 is 5.91 Å². The number of carbonyl (C=O) groups excluding carboxylic acids is 1. The number of carbonyl (C=O) groups is 1. The van der Waals surface area contributed by atoms with Gasteiger partial charge < -0.3 is 14.6 Å². The van der Waals surface area contributed by atoms with E-state index in [9.17, 15) is 9.90 Å². The van der Waals surface area contributed by atoms with Crippen molar-refractivity contribution in [2.75, 3.05) is 13.7 Å². The van der Waals surface area contributed by atoms with Crippen LogP contribution in [0.25, 0.3) is 0 Å². The number of ether oxygens (including phenoxy) is 2. The summed E-state index contributed by atoms with van der Waals surface area (Å²) in [4.78, 5) is 11.9. The Morgan fingerprint density at radius 3 is 2.58 bits per heavy atom. The van der Waals surface area contributed by atoms with Crippen molar-refractivity contribution in [1.82, 2.24) is 5.43 Å². The molecule has 2 aromatic rings. The molecule has 6 nitrogen and oxygen atoms in total. The number of phenolic OH excluding ortho intramolecular Hbond substituents is 1. The van der Waals surface area contributed by atoms with Crippen LogP contribution in [0.4, 0.5) is 0 Å². The van der Waals surface area contributed by atoms with E-state index in [1.165, 1.54) is 6.21 Å². The third-order valence-electron chi connectivity index (χ3n) is 3.06. The highest BCUT2D eigenvalue weighted by atomic mass is 79.9. The van der Waals surface area contributed by atoms with Gasteiger partial charge in [-0.1, -0.05) is 15.9 Å². The maximum absolute atomic E-state index is 11.9. The van der Waals surface area contributed by atoms with Gasteiger partial charge in [0.2, 0.25) is 0 Å². The fourth-order valence-corrected chi connectivity index (χ4v) is 4.58. The van der Waals surface area contributed by atoms with Crippen LogP contribution in [-0.4, -0.2) is 30.9 Å². The number of methoxy groups -OCH3 is 1. The van der Waals surface area contributed by atoms with E-state index in [0.29, 0.717) is 35.0 Å². The highest BCUT2D eigenvalue weighted by Crippen LogP contribution is 2.38. The number of hydrazone groups is 1. The summed E-state index contributed by atoms with van der Waals surface area (Å²) in [6, 6.07) is 6.83. The van der Waals surface area contributed by atoms with Crippen molar-refractivity contribution < 1.29 is 19.4 Å². The van der Waals surface area contributed by atoms with E-state index in [1.807, 2.05) is 0 Å². The maximum Gasteiger partial charge on any atom is 0.277 e. The van der Waals surface area contributed by atoms with Gasteiger partial charge in [-0.3, -0.25) is 4.79 Å². The molecule has 0 radical (unpaired) electrons. The van der Waals surface area contributed by atoms with Gasteiger partial charge in [0.1, 0.15) is 17.2 Å². The molecule has 0 unspecified atom stereocenters. The maximum atomic E-state index is 11.9. The summed E-state index contributed by atoms with van der Waals surface area (Å²) >= 11 is 13.2. The molecular formula is C16H12Br4N2O4. The Balaban J connectivity index is 1.95. The van der Waals surface area contributed by atoms with Crippen LogP contribution in [0, 0.1) is 0 Å². The Morgan fingerprint density at radius 2 is 1.92 bits per heavy atom. The lowest BCUT2D eigenvalue weighted by Crippen LogP contribution is -2.24. The minimum Gasteiger partial charge on any atom is -0.506 e. The van der Waals surface area contributed by atoms with Crippen molar-refractivity contribution in [3.63, 3.8) is 0 Å². The summed E-state index contributed by atoms with van der Waals surface area (Å²) in [6.45, 7) is -0.212. The molecule has 0 aliphatic heterocycles. The number of nitrogens with zero attached hydrogens (tertiary/aromatic N) is 1. The molecule has 0 saturated heterocycles. The van der Waals surface area contributed by atoms with Gasteiger partial charge in [0, 0.05) is 10.0 Å². The Kier molecular flexibility index (Phi) is 7.93. The van der Waals surface area contributed by atoms with Crippen molar-refractivity contribution in [3.05, 3.63) is 47.7 Å². The second-order valence-electron chi connectivity index (χ2n) is 4.79. The third-order valence-corrected chi connectivity index (χ3v) is 5.75. The molecule has 0 heterocycles. The topological polar surface area (TPSA) is 80.2 Å². The van der Waals surface area contributed by atoms with Crippen LogP contribution in [0.3, 0.4) is 0 Å². The lowest BCUT2D eigenvalue weighted by molar-refractivity contribution is -0.123. The Hall–Kier alpha value is -1.10. The molecule has 1 amide bonds. The van der Waals surface area contributed by atoms with Crippen LogP contribution in [0.15, 0.2) is 47.3 Å². The van der Waals surface area contributed by atoms with Gasteiger partial charge in [-0.15, -0.1) is 0 Å². The van der Waals surface area contributed by atoms with Crippen molar-refractivity contribution >= 4 is 75.8 Å². The average molecular weight is 616 g/mol. The van der Waals surface area contributed by atoms with Gasteiger partial charge in [0.05, 0.1) is 26.7 Å². The quantitative estimate of drug-likeness (QED) is 0.355. The molecule has 0 saturated carbocycles. The molecule has 0 bridgehead atoms. The first-order chi connectivity index (χ1) is 12.3. The fraction of sp³-hybridized carbons (Fsp3) is 0.125. The third kappa shape index (κ3) is 5.45. The lowest BCUT2D eigenvalue weighted by Gasteiger charge is -2.09. The summed E-state index contributed by atoms with van der Waals surface area (Å²) < 4.78 is 12.8. The summed E-state index contributed by atoms with van der Waals surface area (Å²) in [6.07, 6.45) is 1.40. The summed E-state index contributed by atoms with van der Waals surface area (Å²) in [5.41, 5.74) is 2.94. The Bertz CT molecular complexity index is 859. The predicted octanol–water partition coefficient (Wildman–Crippen LogP) is 4.98. The lowest BCUT2D eigenvalue weighted by atomic mass is 10.2. The molecule has 0 aliphatic rings. The number of hydrogen-bond donors (Lipinski definition) is 2. The molecule has 0 aliphatic carbocycles. The molecule has 26 heavy (non-hydrogen) atoms. The van der Waals surface area contributed by atoms with Crippen LogP contribution < -0.4 is 14.9 Å². The van der Waals surface area contributed by atoms with Gasteiger partial charge in [-0.05, 0) is 72.1 Å². The molecule has 0 fully saturated rings. The summed E-state index contributed by atoms with van der Waals surface area (Å²) in [5.74, 6) is 0.784. The number of nitrogens with one attached hydrogen (secondary N) is 1. The van der Waals surface area contributed by atoms with E-state index in [-0.39, 0.29) is 12.4 Å². The van der Waals surface area contributed by atoms with Gasteiger partial charge >= 0.3 is 0 Å². The average Bonchev–Trinajstić information content (AvgIpc) is 2.61. The molecule has 2 aromatic carbocycles. The van der Waals surface area contributed by atoms with Crippen molar-refractivity contribution in [2.45, 2.75) is 0 Å². The highest BCUT2D eigenvalue weighted by Gasteiger charge is 2.12. The van der Waals surface area contributed by atoms with E-state index in [4.69, 9.17) is 9.47 Å². The van der Waals surface area contributed by atoms with Crippen LogP contribution in [0.5, 0.6) is 17.2 Å². The predicted molar refractivity (Wildman–Crippen MR) is 113 cm³/mol. The zero-order valence-corrected chi connectivity index (χ0v) is 19.6. The first-order valence-corrected chi connectivity index (χ1v) is 10.2. The number of hydrogen-bond acceptors (Lipinski definition) is 5.